The van der Waals surface area contributed by atoms with Crippen LogP contribution in [0.3, 0.4) is 0 Å². The van der Waals surface area contributed by atoms with E-state index in [9.17, 15) is 0 Å². The molecule has 0 aromatic heterocycles. The van der Waals surface area contributed by atoms with E-state index in [2.05, 4.69) is 23.6 Å². The van der Waals surface area contributed by atoms with Gasteiger partial charge in [-0.3, -0.25) is 0 Å². The second-order valence-electron chi connectivity index (χ2n) is 6.67. The molecule has 0 radical (unpaired) electrons. The van der Waals surface area contributed by atoms with Crippen molar-refractivity contribution in [3.8, 4) is 0 Å². The minimum Gasteiger partial charge on any atom is -0.303 e. The second kappa shape index (κ2) is 8.26. The summed E-state index contributed by atoms with van der Waals surface area (Å²) in [4.78, 5) is 5.50. The van der Waals surface area contributed by atoms with Crippen molar-refractivity contribution in [3.05, 3.63) is 0 Å². The molecule has 0 saturated carbocycles. The maximum absolute atomic E-state index is 2.80. The zero-order valence-electron chi connectivity index (χ0n) is 13.2. The summed E-state index contributed by atoms with van der Waals surface area (Å²) in [6, 6.07) is 0.903. The van der Waals surface area contributed by atoms with Crippen LogP contribution in [0.5, 0.6) is 0 Å². The van der Waals surface area contributed by atoms with Crippen LogP contribution in [0.4, 0.5) is 0 Å². The van der Waals surface area contributed by atoms with Crippen molar-refractivity contribution in [1.29, 1.82) is 0 Å². The number of likely N-dealkylation sites (tertiary alicyclic amines) is 2. The standard InChI is InChI=1S/C17H34N2/c1-3-5-6-11-18-12-9-17(10-13-18)19-14-7-16(4-2)8-15-19/h16-17H,3-15H2,1-2H3. The van der Waals surface area contributed by atoms with E-state index in [0.717, 1.165) is 12.0 Å². The molecule has 0 amide bonds. The van der Waals surface area contributed by atoms with Crippen molar-refractivity contribution in [2.45, 2.75) is 71.3 Å². The lowest BCUT2D eigenvalue weighted by atomic mass is 9.92. The number of nitrogens with zero attached hydrogens (tertiary/aromatic N) is 2. The fraction of sp³-hybridized carbons (Fsp3) is 1.00. The molecule has 2 heterocycles. The summed E-state index contributed by atoms with van der Waals surface area (Å²) < 4.78 is 0. The average Bonchev–Trinajstić information content (AvgIpc) is 2.48. The third-order valence-electron chi connectivity index (χ3n) is 5.38. The van der Waals surface area contributed by atoms with Gasteiger partial charge in [0.25, 0.3) is 0 Å². The highest BCUT2D eigenvalue weighted by atomic mass is 15.2. The van der Waals surface area contributed by atoms with Crippen LogP contribution in [0.15, 0.2) is 0 Å². The Balaban J connectivity index is 1.63. The first-order valence-corrected chi connectivity index (χ1v) is 8.79. The van der Waals surface area contributed by atoms with Crippen LogP contribution in [0.1, 0.15) is 65.2 Å². The molecule has 0 aliphatic carbocycles. The van der Waals surface area contributed by atoms with Gasteiger partial charge in [0.05, 0.1) is 0 Å². The molecule has 2 fully saturated rings. The minimum absolute atomic E-state index is 0.903. The predicted octanol–water partition coefficient (Wildman–Crippen LogP) is 3.76. The molecule has 2 aliphatic rings. The maximum atomic E-state index is 2.80. The van der Waals surface area contributed by atoms with Gasteiger partial charge < -0.3 is 9.80 Å². The molecule has 112 valence electrons. The van der Waals surface area contributed by atoms with E-state index in [4.69, 9.17) is 0 Å². The first-order valence-electron chi connectivity index (χ1n) is 8.79. The highest BCUT2D eigenvalue weighted by molar-refractivity contribution is 4.83. The number of rotatable bonds is 6. The molecule has 0 bridgehead atoms. The smallest absolute Gasteiger partial charge is 0.0120 e. The predicted molar refractivity (Wildman–Crippen MR) is 83.6 cm³/mol. The molecule has 19 heavy (non-hydrogen) atoms. The fourth-order valence-electron chi connectivity index (χ4n) is 3.82. The summed E-state index contributed by atoms with van der Waals surface area (Å²) in [5.74, 6) is 1.02. The van der Waals surface area contributed by atoms with Gasteiger partial charge >= 0.3 is 0 Å². The van der Waals surface area contributed by atoms with Gasteiger partial charge in [-0.25, -0.2) is 0 Å². The lowest BCUT2D eigenvalue weighted by Gasteiger charge is -2.41. The zero-order valence-corrected chi connectivity index (χ0v) is 13.2. The molecule has 2 rings (SSSR count). The Morgan fingerprint density at radius 1 is 0.842 bits per heavy atom. The van der Waals surface area contributed by atoms with Crippen molar-refractivity contribution in [3.63, 3.8) is 0 Å². The summed E-state index contributed by atoms with van der Waals surface area (Å²) in [7, 11) is 0. The molecule has 0 aromatic rings. The van der Waals surface area contributed by atoms with Gasteiger partial charge in [-0.2, -0.15) is 0 Å². The monoisotopic (exact) mass is 266 g/mol. The summed E-state index contributed by atoms with van der Waals surface area (Å²) in [6.07, 6.45) is 11.3. The molecule has 0 unspecified atom stereocenters. The topological polar surface area (TPSA) is 6.48 Å². The Labute approximate surface area is 120 Å². The first kappa shape index (κ1) is 15.3. The summed E-state index contributed by atoms with van der Waals surface area (Å²) >= 11 is 0. The lowest BCUT2D eigenvalue weighted by molar-refractivity contribution is 0.0765. The van der Waals surface area contributed by atoms with E-state index in [1.807, 2.05) is 0 Å². The SMILES string of the molecule is CCCCCN1CCC(N2CCC(CC)CC2)CC1. The van der Waals surface area contributed by atoms with Gasteiger partial charge in [0.15, 0.2) is 0 Å². The van der Waals surface area contributed by atoms with E-state index in [0.29, 0.717) is 0 Å². The van der Waals surface area contributed by atoms with Gasteiger partial charge in [-0.1, -0.05) is 33.1 Å². The highest BCUT2D eigenvalue weighted by Crippen LogP contribution is 2.25. The van der Waals surface area contributed by atoms with Crippen molar-refractivity contribution in [2.75, 3.05) is 32.7 Å². The molecule has 2 nitrogen and oxygen atoms in total. The van der Waals surface area contributed by atoms with Gasteiger partial charge in [0.2, 0.25) is 0 Å². The summed E-state index contributed by atoms with van der Waals surface area (Å²) in [6.45, 7) is 11.4. The van der Waals surface area contributed by atoms with Gasteiger partial charge in [-0.15, -0.1) is 0 Å². The van der Waals surface area contributed by atoms with Crippen LogP contribution < -0.4 is 0 Å². The molecule has 2 heteroatoms. The maximum Gasteiger partial charge on any atom is 0.0120 e. The average molecular weight is 266 g/mol. The fourth-order valence-corrected chi connectivity index (χ4v) is 3.82. The van der Waals surface area contributed by atoms with Crippen LogP contribution in [-0.2, 0) is 0 Å². The first-order chi connectivity index (χ1) is 9.33. The lowest BCUT2D eigenvalue weighted by Crippen LogP contribution is -2.47. The van der Waals surface area contributed by atoms with E-state index in [1.165, 1.54) is 84.1 Å². The minimum atomic E-state index is 0.903. The van der Waals surface area contributed by atoms with Crippen molar-refractivity contribution in [2.24, 2.45) is 5.92 Å². The van der Waals surface area contributed by atoms with Crippen LogP contribution >= 0.6 is 0 Å². The molecular weight excluding hydrogens is 232 g/mol. The Morgan fingerprint density at radius 2 is 1.53 bits per heavy atom. The molecular formula is C17H34N2. The van der Waals surface area contributed by atoms with Crippen LogP contribution in [0, 0.1) is 5.92 Å². The van der Waals surface area contributed by atoms with E-state index >= 15 is 0 Å². The largest absolute Gasteiger partial charge is 0.303 e. The van der Waals surface area contributed by atoms with Gasteiger partial charge in [0, 0.05) is 6.04 Å². The Morgan fingerprint density at radius 3 is 2.11 bits per heavy atom. The second-order valence-corrected chi connectivity index (χ2v) is 6.67. The molecule has 0 spiro atoms. The number of unbranched alkanes of at least 4 members (excludes halogenated alkanes) is 2. The number of hydrogen-bond donors (Lipinski definition) is 0. The van der Waals surface area contributed by atoms with E-state index < -0.39 is 0 Å². The molecule has 2 saturated heterocycles. The van der Waals surface area contributed by atoms with Crippen LogP contribution in [0.2, 0.25) is 0 Å². The van der Waals surface area contributed by atoms with Gasteiger partial charge in [-0.05, 0) is 70.7 Å². The molecule has 2 aliphatic heterocycles. The van der Waals surface area contributed by atoms with E-state index in [1.54, 1.807) is 0 Å². The normalized spacial score (nSPS) is 24.9. The zero-order chi connectivity index (χ0) is 13.5. The molecule has 0 aromatic carbocycles. The van der Waals surface area contributed by atoms with Crippen LogP contribution in [-0.4, -0.2) is 48.6 Å². The van der Waals surface area contributed by atoms with Crippen molar-refractivity contribution < 1.29 is 0 Å². The van der Waals surface area contributed by atoms with Crippen molar-refractivity contribution >= 4 is 0 Å². The molecule has 0 N–H and O–H groups in total. The Hall–Kier alpha value is -0.0800. The third-order valence-corrected chi connectivity index (χ3v) is 5.38. The third kappa shape index (κ3) is 4.75. The molecule has 0 atom stereocenters. The van der Waals surface area contributed by atoms with Crippen LogP contribution in [0.25, 0.3) is 0 Å². The Kier molecular flexibility index (Phi) is 6.66. The number of hydrogen-bond acceptors (Lipinski definition) is 2. The van der Waals surface area contributed by atoms with Crippen molar-refractivity contribution in [1.82, 2.24) is 9.80 Å². The van der Waals surface area contributed by atoms with Gasteiger partial charge in [0.1, 0.15) is 0 Å². The summed E-state index contributed by atoms with van der Waals surface area (Å²) in [5.41, 5.74) is 0. The highest BCUT2D eigenvalue weighted by Gasteiger charge is 2.27. The van der Waals surface area contributed by atoms with E-state index in [-0.39, 0.29) is 0 Å². The summed E-state index contributed by atoms with van der Waals surface area (Å²) in [5, 5.41) is 0. The number of piperidine rings is 2. The Bertz CT molecular complexity index is 225. The quantitative estimate of drug-likeness (QED) is 0.675.